The smallest absolute Gasteiger partial charge is 0.321 e. The molecule has 11 nitrogen and oxygen atoms in total. The number of esters is 1. The lowest BCUT2D eigenvalue weighted by Crippen LogP contribution is -2.30. The van der Waals surface area contributed by atoms with Crippen LogP contribution in [-0.4, -0.2) is 36.1 Å². The fraction of sp³-hybridized carbons (Fsp3) is 0.211. The number of carbonyl (C=O) groups excluding carboxylic acids is 1. The number of benzene rings is 2. The van der Waals surface area contributed by atoms with E-state index in [1.165, 1.54) is 36.4 Å². The van der Waals surface area contributed by atoms with Gasteiger partial charge in [-0.15, -0.1) is 10.2 Å². The van der Waals surface area contributed by atoms with Crippen LogP contribution in [0.3, 0.4) is 0 Å². The van der Waals surface area contributed by atoms with E-state index in [-0.39, 0.29) is 29.0 Å². The number of sulfonamides is 1. The third-order valence-electron chi connectivity index (χ3n) is 4.34. The number of nitrogens with one attached hydrogen (secondary N) is 1. The van der Waals surface area contributed by atoms with Crippen molar-refractivity contribution in [1.82, 2.24) is 14.9 Å². The molecular formula is C19H18N4O7S. The summed E-state index contributed by atoms with van der Waals surface area (Å²) in [5.41, 5.74) is 2.13. The quantitative estimate of drug-likeness (QED) is 0.312. The molecule has 0 saturated heterocycles. The number of carbonyl (C=O) groups is 1. The van der Waals surface area contributed by atoms with Gasteiger partial charge in [-0.2, -0.15) is 4.72 Å². The van der Waals surface area contributed by atoms with Gasteiger partial charge in [0.1, 0.15) is 6.54 Å². The molecule has 0 radical (unpaired) electrons. The van der Waals surface area contributed by atoms with Crippen LogP contribution in [0, 0.1) is 24.0 Å². The second kappa shape index (κ2) is 9.02. The minimum atomic E-state index is -3.87. The monoisotopic (exact) mass is 446 g/mol. The van der Waals surface area contributed by atoms with Gasteiger partial charge >= 0.3 is 5.97 Å². The van der Waals surface area contributed by atoms with Crippen molar-refractivity contribution in [2.75, 3.05) is 6.54 Å². The summed E-state index contributed by atoms with van der Waals surface area (Å²) in [5.74, 6) is -0.752. The van der Waals surface area contributed by atoms with Gasteiger partial charge in [0.15, 0.2) is 6.61 Å². The van der Waals surface area contributed by atoms with Crippen LogP contribution in [0.2, 0.25) is 0 Å². The molecule has 0 spiro atoms. The van der Waals surface area contributed by atoms with Crippen LogP contribution in [-0.2, 0) is 26.2 Å². The molecule has 0 fully saturated rings. The number of ether oxygens (including phenoxy) is 1. The summed E-state index contributed by atoms with van der Waals surface area (Å²) in [7, 11) is -3.87. The van der Waals surface area contributed by atoms with Crippen LogP contribution < -0.4 is 4.72 Å². The average molecular weight is 446 g/mol. The lowest BCUT2D eigenvalue weighted by molar-refractivity contribution is -0.384. The van der Waals surface area contributed by atoms with E-state index in [1.807, 2.05) is 6.92 Å². The first-order chi connectivity index (χ1) is 14.7. The number of aromatic nitrogens is 2. The number of rotatable bonds is 8. The first-order valence-electron chi connectivity index (χ1n) is 8.95. The second-order valence-corrected chi connectivity index (χ2v) is 8.30. The van der Waals surface area contributed by atoms with Crippen LogP contribution in [0.5, 0.6) is 0 Å². The molecule has 0 aliphatic carbocycles. The maximum absolute atomic E-state index is 12.3. The molecule has 0 bridgehead atoms. The predicted octanol–water partition coefficient (Wildman–Crippen LogP) is 2.28. The molecule has 0 aliphatic heterocycles. The van der Waals surface area contributed by atoms with Gasteiger partial charge in [-0.25, -0.2) is 8.42 Å². The standard InChI is InChI=1S/C19H18N4O7S/c1-12-3-8-16(9-13(12)2)31(27,28)20-10-18(24)29-11-17-21-22-19(30-17)14-4-6-15(7-5-14)23(25)26/h3-9,20H,10-11H2,1-2H3. The van der Waals surface area contributed by atoms with Gasteiger partial charge in [-0.05, 0) is 49.2 Å². The maximum Gasteiger partial charge on any atom is 0.321 e. The van der Waals surface area contributed by atoms with Crippen LogP contribution in [0.15, 0.2) is 51.8 Å². The van der Waals surface area contributed by atoms with Crippen molar-refractivity contribution in [1.29, 1.82) is 0 Å². The zero-order valence-electron chi connectivity index (χ0n) is 16.6. The Morgan fingerprint density at radius 2 is 1.84 bits per heavy atom. The van der Waals surface area contributed by atoms with Crippen LogP contribution >= 0.6 is 0 Å². The van der Waals surface area contributed by atoms with Gasteiger partial charge in [-0.3, -0.25) is 14.9 Å². The molecular weight excluding hydrogens is 428 g/mol. The molecule has 1 heterocycles. The minimum absolute atomic E-state index is 0.0151. The molecule has 162 valence electrons. The molecule has 1 N–H and O–H groups in total. The van der Waals surface area contributed by atoms with Crippen LogP contribution in [0.4, 0.5) is 5.69 Å². The summed E-state index contributed by atoms with van der Waals surface area (Å²) < 4.78 is 37.1. The summed E-state index contributed by atoms with van der Waals surface area (Å²) in [6.07, 6.45) is 0. The van der Waals surface area contributed by atoms with E-state index in [9.17, 15) is 23.3 Å². The molecule has 3 aromatic rings. The summed E-state index contributed by atoms with van der Waals surface area (Å²) >= 11 is 0. The summed E-state index contributed by atoms with van der Waals surface area (Å²) in [6.45, 7) is 2.72. The first kappa shape index (κ1) is 22.1. The number of aryl methyl sites for hydroxylation is 2. The Balaban J connectivity index is 1.54. The highest BCUT2D eigenvalue weighted by molar-refractivity contribution is 7.89. The lowest BCUT2D eigenvalue weighted by atomic mass is 10.1. The summed E-state index contributed by atoms with van der Waals surface area (Å²) in [4.78, 5) is 22.1. The number of nitrogens with zero attached hydrogens (tertiary/aromatic N) is 3. The SMILES string of the molecule is Cc1ccc(S(=O)(=O)NCC(=O)OCc2nnc(-c3ccc([N+](=O)[O-])cc3)o2)cc1C. The van der Waals surface area contributed by atoms with Crippen LogP contribution in [0.1, 0.15) is 17.0 Å². The third kappa shape index (κ3) is 5.49. The molecule has 0 atom stereocenters. The van der Waals surface area contributed by atoms with Crippen molar-refractivity contribution in [2.45, 2.75) is 25.3 Å². The largest absolute Gasteiger partial charge is 0.455 e. The maximum atomic E-state index is 12.3. The number of hydrogen-bond donors (Lipinski definition) is 1. The van der Waals surface area contributed by atoms with Gasteiger partial charge in [0.2, 0.25) is 15.9 Å². The fourth-order valence-electron chi connectivity index (χ4n) is 2.47. The van der Waals surface area contributed by atoms with Gasteiger partial charge < -0.3 is 9.15 Å². The highest BCUT2D eigenvalue weighted by Crippen LogP contribution is 2.21. The zero-order chi connectivity index (χ0) is 22.6. The fourth-order valence-corrected chi connectivity index (χ4v) is 3.52. The van der Waals surface area contributed by atoms with Gasteiger partial charge in [-0.1, -0.05) is 6.07 Å². The van der Waals surface area contributed by atoms with E-state index in [1.54, 1.807) is 13.0 Å². The highest BCUT2D eigenvalue weighted by atomic mass is 32.2. The van der Waals surface area contributed by atoms with E-state index in [0.717, 1.165) is 11.1 Å². The van der Waals surface area contributed by atoms with Crippen molar-refractivity contribution in [3.05, 3.63) is 69.6 Å². The van der Waals surface area contributed by atoms with Crippen molar-refractivity contribution in [3.8, 4) is 11.5 Å². The Morgan fingerprint density at radius 3 is 2.48 bits per heavy atom. The van der Waals surface area contributed by atoms with Crippen LogP contribution in [0.25, 0.3) is 11.5 Å². The van der Waals surface area contributed by atoms with Gasteiger partial charge in [0.25, 0.3) is 11.6 Å². The summed E-state index contributed by atoms with van der Waals surface area (Å²) in [5, 5.41) is 18.2. The van der Waals surface area contributed by atoms with E-state index in [0.29, 0.717) is 5.56 Å². The molecule has 0 unspecified atom stereocenters. The second-order valence-electron chi connectivity index (χ2n) is 6.54. The Labute approximate surface area is 177 Å². The molecule has 0 saturated carbocycles. The molecule has 0 amide bonds. The van der Waals surface area contributed by atoms with E-state index in [2.05, 4.69) is 14.9 Å². The molecule has 0 aliphatic rings. The molecule has 12 heteroatoms. The Hall–Kier alpha value is -3.64. The Kier molecular flexibility index (Phi) is 6.42. The van der Waals surface area contributed by atoms with E-state index < -0.39 is 27.5 Å². The lowest BCUT2D eigenvalue weighted by Gasteiger charge is -2.08. The van der Waals surface area contributed by atoms with Crippen molar-refractivity contribution in [2.24, 2.45) is 0 Å². The van der Waals surface area contributed by atoms with Gasteiger partial charge in [0.05, 0.1) is 9.82 Å². The molecule has 31 heavy (non-hydrogen) atoms. The summed E-state index contributed by atoms with van der Waals surface area (Å²) in [6, 6.07) is 10.1. The van der Waals surface area contributed by atoms with E-state index >= 15 is 0 Å². The molecule has 2 aromatic carbocycles. The normalized spacial score (nSPS) is 11.3. The number of nitro groups is 1. The van der Waals surface area contributed by atoms with Gasteiger partial charge in [0, 0.05) is 17.7 Å². The Morgan fingerprint density at radius 1 is 1.13 bits per heavy atom. The number of nitro benzene ring substituents is 1. The zero-order valence-corrected chi connectivity index (χ0v) is 17.4. The predicted molar refractivity (Wildman–Crippen MR) is 107 cm³/mol. The average Bonchev–Trinajstić information content (AvgIpc) is 3.22. The highest BCUT2D eigenvalue weighted by Gasteiger charge is 2.18. The number of non-ortho nitro benzene ring substituents is 1. The number of hydrogen-bond acceptors (Lipinski definition) is 9. The third-order valence-corrected chi connectivity index (χ3v) is 5.74. The minimum Gasteiger partial charge on any atom is -0.455 e. The topological polar surface area (TPSA) is 155 Å². The molecule has 3 rings (SSSR count). The molecule has 1 aromatic heterocycles. The van der Waals surface area contributed by atoms with Crippen molar-refractivity contribution < 1.29 is 27.3 Å². The Bertz CT molecular complexity index is 1220. The first-order valence-corrected chi connectivity index (χ1v) is 10.4. The van der Waals surface area contributed by atoms with E-state index in [4.69, 9.17) is 9.15 Å². The van der Waals surface area contributed by atoms with Crippen molar-refractivity contribution >= 4 is 21.7 Å². The van der Waals surface area contributed by atoms with Crippen molar-refractivity contribution in [3.63, 3.8) is 0 Å².